The second-order valence-corrected chi connectivity index (χ2v) is 11.5. The van der Waals surface area contributed by atoms with Crippen molar-refractivity contribution >= 4 is 21.9 Å². The number of hydrogen-bond donors (Lipinski definition) is 0. The first-order valence-corrected chi connectivity index (χ1v) is 12.8. The Bertz CT molecular complexity index is 572. The summed E-state index contributed by atoms with van der Waals surface area (Å²) >= 11 is 0. The zero-order chi connectivity index (χ0) is 18.3. The average Bonchev–Trinajstić information content (AvgIpc) is 2.46. The number of carbonyl (C=O) groups is 1. The summed E-state index contributed by atoms with van der Waals surface area (Å²) in [6.45, 7) is 13.0. The van der Waals surface area contributed by atoms with Crippen LogP contribution in [0.5, 0.6) is 0 Å². The van der Waals surface area contributed by atoms with Gasteiger partial charge >= 0.3 is 8.56 Å². The molecule has 0 aromatic heterocycles. The molecule has 1 atom stereocenters. The molecule has 0 saturated carbocycles. The monoisotopic (exact) mass is 370 g/mol. The maximum absolute atomic E-state index is 12.6. The Morgan fingerprint density at radius 1 is 1.08 bits per heavy atom. The van der Waals surface area contributed by atoms with Crippen molar-refractivity contribution in [1.82, 2.24) is 0 Å². The molecular weight excluding hydrogens is 339 g/mol. The van der Waals surface area contributed by atoms with Crippen LogP contribution in [0.2, 0.25) is 12.6 Å². The lowest BCUT2D eigenvalue weighted by molar-refractivity contribution is 0.107. The number of rotatable bonds is 10. The van der Waals surface area contributed by atoms with Gasteiger partial charge in [-0.2, -0.15) is 0 Å². The molecule has 0 aliphatic heterocycles. The lowest BCUT2D eigenvalue weighted by atomic mass is 10.0. The maximum Gasteiger partial charge on any atom is 0.334 e. The van der Waals surface area contributed by atoms with E-state index in [2.05, 4.69) is 0 Å². The van der Waals surface area contributed by atoms with Crippen molar-refractivity contribution in [1.29, 1.82) is 0 Å². The lowest BCUT2D eigenvalue weighted by Gasteiger charge is -2.25. The van der Waals surface area contributed by atoms with E-state index in [-0.39, 0.29) is 5.52 Å². The third-order valence-electron chi connectivity index (χ3n) is 4.09. The van der Waals surface area contributed by atoms with Gasteiger partial charge in [-0.25, -0.2) is 0 Å². The fourth-order valence-corrected chi connectivity index (χ4v) is 7.32. The van der Waals surface area contributed by atoms with Crippen molar-refractivity contribution in [3.05, 3.63) is 34.4 Å². The van der Waals surface area contributed by atoms with Crippen LogP contribution < -0.4 is 0 Å². The van der Waals surface area contributed by atoms with Gasteiger partial charge in [0, 0.05) is 24.9 Å². The average molecular weight is 371 g/mol. The highest BCUT2D eigenvalue weighted by molar-refractivity contribution is 7.64. The van der Waals surface area contributed by atoms with Crippen molar-refractivity contribution in [3.8, 4) is 0 Å². The van der Waals surface area contributed by atoms with E-state index in [0.717, 1.165) is 22.7 Å². The molecule has 0 N–H and O–H groups in total. The standard InChI is InChI=1S/C18H31O4PSi/c1-7-21-24(6,22-8-2)11-9-10-23(20)18(19)17-15(4)12-14(3)13-16(17)5/h12-13,23H,7-11H2,1-6H3. The van der Waals surface area contributed by atoms with Crippen LogP contribution in [-0.2, 0) is 13.4 Å². The topological polar surface area (TPSA) is 52.6 Å². The Balaban J connectivity index is 2.70. The number of benzene rings is 1. The molecule has 0 saturated heterocycles. The van der Waals surface area contributed by atoms with E-state index in [1.165, 1.54) is 0 Å². The van der Waals surface area contributed by atoms with Crippen LogP contribution in [0.4, 0.5) is 0 Å². The third kappa shape index (κ3) is 5.96. The summed E-state index contributed by atoms with van der Waals surface area (Å²) in [5.74, 6) is 0. The molecule has 4 nitrogen and oxygen atoms in total. The Morgan fingerprint density at radius 3 is 2.04 bits per heavy atom. The molecule has 0 radical (unpaired) electrons. The van der Waals surface area contributed by atoms with E-state index >= 15 is 0 Å². The molecule has 0 amide bonds. The fraction of sp³-hybridized carbons (Fsp3) is 0.611. The summed E-state index contributed by atoms with van der Waals surface area (Å²) in [5, 5.41) is 0. The molecule has 0 aliphatic carbocycles. The fourth-order valence-electron chi connectivity index (χ4n) is 3.16. The molecule has 0 fully saturated rings. The quantitative estimate of drug-likeness (QED) is 0.436. The highest BCUT2D eigenvalue weighted by Crippen LogP contribution is 2.32. The van der Waals surface area contributed by atoms with Crippen LogP contribution in [0.3, 0.4) is 0 Å². The van der Waals surface area contributed by atoms with E-state index in [0.29, 0.717) is 31.4 Å². The minimum Gasteiger partial charge on any atom is -0.395 e. The number of hydrogen-bond acceptors (Lipinski definition) is 4. The molecular formula is C18H31O4PSi. The van der Waals surface area contributed by atoms with Gasteiger partial charge in [0.1, 0.15) is 7.80 Å². The first-order chi connectivity index (χ1) is 11.2. The van der Waals surface area contributed by atoms with Gasteiger partial charge in [0.15, 0.2) is 0 Å². The van der Waals surface area contributed by atoms with Gasteiger partial charge in [0.05, 0.1) is 0 Å². The summed E-state index contributed by atoms with van der Waals surface area (Å²) in [5.41, 5.74) is 3.40. The minimum absolute atomic E-state index is 0.189. The second kappa shape index (κ2) is 9.67. The summed E-state index contributed by atoms with van der Waals surface area (Å²) in [4.78, 5) is 12.6. The highest BCUT2D eigenvalue weighted by Gasteiger charge is 2.30. The zero-order valence-electron chi connectivity index (χ0n) is 15.8. The van der Waals surface area contributed by atoms with Gasteiger partial charge in [0.2, 0.25) is 5.52 Å². The van der Waals surface area contributed by atoms with Crippen molar-refractivity contribution in [2.45, 2.75) is 53.6 Å². The molecule has 6 heteroatoms. The molecule has 0 bridgehead atoms. The molecule has 0 aliphatic rings. The van der Waals surface area contributed by atoms with Crippen LogP contribution in [0.1, 0.15) is 47.3 Å². The van der Waals surface area contributed by atoms with Crippen molar-refractivity contribution in [2.75, 3.05) is 19.4 Å². The molecule has 0 spiro atoms. The van der Waals surface area contributed by atoms with Crippen molar-refractivity contribution in [2.24, 2.45) is 0 Å². The summed E-state index contributed by atoms with van der Waals surface area (Å²) < 4.78 is 24.1. The normalized spacial score (nSPS) is 13.1. The molecule has 1 aromatic rings. The van der Waals surface area contributed by atoms with Crippen molar-refractivity contribution < 1.29 is 18.2 Å². The molecule has 1 rings (SSSR count). The molecule has 24 heavy (non-hydrogen) atoms. The Kier molecular flexibility index (Phi) is 8.58. The van der Waals surface area contributed by atoms with Gasteiger partial charge in [-0.05, 0) is 64.8 Å². The Hall–Kier alpha value is -0.743. The summed E-state index contributed by atoms with van der Waals surface area (Å²) in [6, 6.07) is 4.72. The van der Waals surface area contributed by atoms with E-state index < -0.39 is 16.4 Å². The third-order valence-corrected chi connectivity index (χ3v) is 8.72. The number of carbonyl (C=O) groups excluding carboxylic acids is 1. The van der Waals surface area contributed by atoms with E-state index in [1.807, 2.05) is 53.3 Å². The largest absolute Gasteiger partial charge is 0.395 e. The molecule has 0 heterocycles. The Morgan fingerprint density at radius 2 is 1.58 bits per heavy atom. The summed E-state index contributed by atoms with van der Waals surface area (Å²) in [7, 11) is -4.50. The minimum atomic E-state index is -2.31. The molecule has 1 aromatic carbocycles. The second-order valence-electron chi connectivity index (χ2n) is 6.38. The van der Waals surface area contributed by atoms with Gasteiger partial charge in [-0.15, -0.1) is 0 Å². The predicted molar refractivity (Wildman–Crippen MR) is 103 cm³/mol. The van der Waals surface area contributed by atoms with Crippen LogP contribution in [-0.4, -0.2) is 33.5 Å². The summed E-state index contributed by atoms with van der Waals surface area (Å²) in [6.07, 6.45) is 1.13. The van der Waals surface area contributed by atoms with E-state index in [9.17, 15) is 9.36 Å². The predicted octanol–water partition coefficient (Wildman–Crippen LogP) is 4.85. The lowest BCUT2D eigenvalue weighted by Crippen LogP contribution is -2.38. The van der Waals surface area contributed by atoms with Crippen LogP contribution in [0.15, 0.2) is 12.1 Å². The van der Waals surface area contributed by atoms with Crippen LogP contribution in [0, 0.1) is 20.8 Å². The van der Waals surface area contributed by atoms with Gasteiger partial charge < -0.3 is 13.4 Å². The van der Waals surface area contributed by atoms with Crippen molar-refractivity contribution in [3.63, 3.8) is 0 Å². The van der Waals surface area contributed by atoms with Crippen LogP contribution >= 0.6 is 7.80 Å². The first kappa shape index (κ1) is 21.3. The maximum atomic E-state index is 12.6. The van der Waals surface area contributed by atoms with Gasteiger partial charge in [-0.1, -0.05) is 17.7 Å². The zero-order valence-corrected chi connectivity index (χ0v) is 17.8. The first-order valence-electron chi connectivity index (χ1n) is 8.67. The van der Waals surface area contributed by atoms with E-state index in [4.69, 9.17) is 8.85 Å². The van der Waals surface area contributed by atoms with Gasteiger partial charge in [0.25, 0.3) is 0 Å². The van der Waals surface area contributed by atoms with Crippen LogP contribution in [0.25, 0.3) is 0 Å². The smallest absolute Gasteiger partial charge is 0.334 e. The highest BCUT2D eigenvalue weighted by atomic mass is 31.1. The Labute approximate surface area is 148 Å². The van der Waals surface area contributed by atoms with E-state index in [1.54, 1.807) is 0 Å². The molecule has 1 unspecified atom stereocenters. The SMILES string of the molecule is CCO[Si](C)(CCC[PH](=O)C(=O)c1c(C)cc(C)cc1C)OCC. The number of aryl methyl sites for hydroxylation is 3. The van der Waals surface area contributed by atoms with Gasteiger partial charge in [-0.3, -0.25) is 4.79 Å². The molecule has 136 valence electrons.